The fourth-order valence-electron chi connectivity index (χ4n) is 1.23. The summed E-state index contributed by atoms with van der Waals surface area (Å²) in [7, 11) is 0. The normalized spacial score (nSPS) is 10.3. The van der Waals surface area contributed by atoms with Crippen molar-refractivity contribution in [1.82, 2.24) is 9.97 Å². The Bertz CT molecular complexity index is 263. The van der Waals surface area contributed by atoms with Crippen LogP contribution in [-0.4, -0.2) is 23.1 Å². The molecule has 15 heavy (non-hydrogen) atoms. The van der Waals surface area contributed by atoms with E-state index in [4.69, 9.17) is 5.73 Å². The van der Waals surface area contributed by atoms with E-state index in [1.807, 2.05) is 0 Å². The van der Waals surface area contributed by atoms with Crippen LogP contribution >= 0.6 is 0 Å². The summed E-state index contributed by atoms with van der Waals surface area (Å²) in [5, 5.41) is 3.03. The predicted molar refractivity (Wildman–Crippen MR) is 58.0 cm³/mol. The van der Waals surface area contributed by atoms with Crippen LogP contribution in [0.4, 0.5) is 10.3 Å². The number of nitrogens with two attached hydrogens (primary N) is 1. The minimum Gasteiger partial charge on any atom is -0.354 e. The lowest BCUT2D eigenvalue weighted by Crippen LogP contribution is -2.05. The number of hydrogen-bond acceptors (Lipinski definition) is 4. The van der Waals surface area contributed by atoms with E-state index in [9.17, 15) is 4.39 Å². The second-order valence-electron chi connectivity index (χ2n) is 3.35. The SMILES string of the molecule is NCCCCCCNc1ncc(F)cn1. The number of anilines is 1. The van der Waals surface area contributed by atoms with Crippen LogP contribution in [0.3, 0.4) is 0 Å². The number of aromatic nitrogens is 2. The zero-order valence-corrected chi connectivity index (χ0v) is 8.75. The van der Waals surface area contributed by atoms with Crippen molar-refractivity contribution in [1.29, 1.82) is 0 Å². The Hall–Kier alpha value is -1.23. The van der Waals surface area contributed by atoms with Gasteiger partial charge in [-0.15, -0.1) is 0 Å². The standard InChI is InChI=1S/C10H17FN4/c11-9-7-14-10(15-8-9)13-6-4-2-1-3-5-12/h7-8H,1-6,12H2,(H,13,14,15). The monoisotopic (exact) mass is 212 g/mol. The molecule has 1 aromatic heterocycles. The molecule has 5 heteroatoms. The molecule has 0 bridgehead atoms. The van der Waals surface area contributed by atoms with Gasteiger partial charge in [0.25, 0.3) is 0 Å². The lowest BCUT2D eigenvalue weighted by molar-refractivity contribution is 0.613. The van der Waals surface area contributed by atoms with Crippen molar-refractivity contribution < 1.29 is 4.39 Å². The minimum atomic E-state index is -0.413. The van der Waals surface area contributed by atoms with Gasteiger partial charge >= 0.3 is 0 Å². The van der Waals surface area contributed by atoms with Crippen LogP contribution in [0.25, 0.3) is 0 Å². The van der Waals surface area contributed by atoms with Crippen molar-refractivity contribution in [2.24, 2.45) is 5.73 Å². The maximum absolute atomic E-state index is 12.4. The smallest absolute Gasteiger partial charge is 0.222 e. The highest BCUT2D eigenvalue weighted by molar-refractivity contribution is 5.21. The van der Waals surface area contributed by atoms with Gasteiger partial charge in [0.2, 0.25) is 5.95 Å². The Morgan fingerprint density at radius 1 is 1.13 bits per heavy atom. The van der Waals surface area contributed by atoms with Crippen molar-refractivity contribution >= 4 is 5.95 Å². The third-order valence-corrected chi connectivity index (χ3v) is 2.03. The summed E-state index contributed by atoms with van der Waals surface area (Å²) in [5.74, 6) is 0.0683. The van der Waals surface area contributed by atoms with Crippen LogP contribution in [0.5, 0.6) is 0 Å². The van der Waals surface area contributed by atoms with Gasteiger partial charge in [-0.25, -0.2) is 14.4 Å². The molecule has 0 saturated heterocycles. The van der Waals surface area contributed by atoms with Gasteiger partial charge in [-0.2, -0.15) is 0 Å². The Morgan fingerprint density at radius 2 is 1.80 bits per heavy atom. The molecule has 0 aromatic carbocycles. The molecule has 0 fully saturated rings. The third-order valence-electron chi connectivity index (χ3n) is 2.03. The second kappa shape index (κ2) is 7.11. The van der Waals surface area contributed by atoms with Gasteiger partial charge < -0.3 is 11.1 Å². The Kier molecular flexibility index (Phi) is 5.62. The van der Waals surface area contributed by atoms with Gasteiger partial charge in [0.1, 0.15) is 0 Å². The van der Waals surface area contributed by atoms with E-state index < -0.39 is 5.82 Å². The molecule has 1 aromatic rings. The van der Waals surface area contributed by atoms with Crippen LogP contribution in [0.1, 0.15) is 25.7 Å². The van der Waals surface area contributed by atoms with E-state index in [0.717, 1.165) is 51.2 Å². The zero-order valence-electron chi connectivity index (χ0n) is 8.75. The highest BCUT2D eigenvalue weighted by atomic mass is 19.1. The molecule has 1 rings (SSSR count). The van der Waals surface area contributed by atoms with Crippen molar-refractivity contribution in [3.63, 3.8) is 0 Å². The van der Waals surface area contributed by atoms with Crippen LogP contribution in [0.15, 0.2) is 12.4 Å². The molecule has 84 valence electrons. The van der Waals surface area contributed by atoms with E-state index >= 15 is 0 Å². The van der Waals surface area contributed by atoms with Crippen LogP contribution < -0.4 is 11.1 Å². The molecule has 0 aliphatic rings. The molecule has 0 aliphatic heterocycles. The van der Waals surface area contributed by atoms with Crippen molar-refractivity contribution in [2.75, 3.05) is 18.4 Å². The number of nitrogens with zero attached hydrogens (tertiary/aromatic N) is 2. The fraction of sp³-hybridized carbons (Fsp3) is 0.600. The average Bonchev–Trinajstić information content (AvgIpc) is 2.26. The number of hydrogen-bond donors (Lipinski definition) is 2. The maximum atomic E-state index is 12.4. The summed E-state index contributed by atoms with van der Waals surface area (Å²) in [4.78, 5) is 7.59. The Morgan fingerprint density at radius 3 is 2.47 bits per heavy atom. The molecule has 0 radical (unpaired) electrons. The molecule has 3 N–H and O–H groups in total. The highest BCUT2D eigenvalue weighted by Crippen LogP contribution is 2.01. The lowest BCUT2D eigenvalue weighted by atomic mass is 10.2. The van der Waals surface area contributed by atoms with Gasteiger partial charge in [0.05, 0.1) is 12.4 Å². The summed E-state index contributed by atoms with van der Waals surface area (Å²) < 4.78 is 12.4. The molecule has 0 atom stereocenters. The number of unbranched alkanes of at least 4 members (excludes halogenated alkanes) is 3. The largest absolute Gasteiger partial charge is 0.354 e. The predicted octanol–water partition coefficient (Wildman–Crippen LogP) is 1.55. The Balaban J connectivity index is 2.07. The third kappa shape index (κ3) is 5.27. The topological polar surface area (TPSA) is 63.8 Å². The summed E-state index contributed by atoms with van der Waals surface area (Å²) >= 11 is 0. The van der Waals surface area contributed by atoms with Gasteiger partial charge in [-0.3, -0.25) is 0 Å². The van der Waals surface area contributed by atoms with Crippen molar-refractivity contribution in [3.8, 4) is 0 Å². The summed E-state index contributed by atoms with van der Waals surface area (Å²) in [6, 6.07) is 0. The zero-order chi connectivity index (χ0) is 10.9. The quantitative estimate of drug-likeness (QED) is 0.673. The van der Waals surface area contributed by atoms with E-state index in [1.165, 1.54) is 0 Å². The van der Waals surface area contributed by atoms with Gasteiger partial charge in [-0.05, 0) is 19.4 Å². The molecule has 0 spiro atoms. The van der Waals surface area contributed by atoms with Crippen molar-refractivity contribution in [3.05, 3.63) is 18.2 Å². The second-order valence-corrected chi connectivity index (χ2v) is 3.35. The molecular weight excluding hydrogens is 195 g/mol. The molecular formula is C10H17FN4. The molecule has 1 heterocycles. The van der Waals surface area contributed by atoms with E-state index in [-0.39, 0.29) is 0 Å². The van der Waals surface area contributed by atoms with Crippen LogP contribution in [-0.2, 0) is 0 Å². The first-order valence-corrected chi connectivity index (χ1v) is 5.24. The highest BCUT2D eigenvalue weighted by Gasteiger charge is 1.95. The lowest BCUT2D eigenvalue weighted by Gasteiger charge is -2.03. The summed E-state index contributed by atoms with van der Waals surface area (Å²) in [6.07, 6.45) is 6.75. The molecule has 0 saturated carbocycles. The fourth-order valence-corrected chi connectivity index (χ4v) is 1.23. The molecule has 4 nitrogen and oxygen atoms in total. The van der Waals surface area contributed by atoms with Gasteiger partial charge in [-0.1, -0.05) is 12.8 Å². The first kappa shape index (κ1) is 11.8. The summed E-state index contributed by atoms with van der Waals surface area (Å²) in [5.41, 5.74) is 5.38. The maximum Gasteiger partial charge on any atom is 0.222 e. The van der Waals surface area contributed by atoms with Crippen LogP contribution in [0.2, 0.25) is 0 Å². The van der Waals surface area contributed by atoms with Crippen LogP contribution in [0, 0.1) is 5.82 Å². The minimum absolute atomic E-state index is 0.413. The molecule has 0 amide bonds. The van der Waals surface area contributed by atoms with Gasteiger partial charge in [0.15, 0.2) is 5.82 Å². The van der Waals surface area contributed by atoms with Gasteiger partial charge in [0, 0.05) is 6.54 Å². The number of rotatable bonds is 7. The van der Waals surface area contributed by atoms with E-state index in [1.54, 1.807) is 0 Å². The first-order valence-electron chi connectivity index (χ1n) is 5.24. The number of halogens is 1. The molecule has 0 unspecified atom stereocenters. The molecule has 0 aliphatic carbocycles. The number of nitrogens with one attached hydrogen (secondary N) is 1. The van der Waals surface area contributed by atoms with E-state index in [0.29, 0.717) is 5.95 Å². The van der Waals surface area contributed by atoms with E-state index in [2.05, 4.69) is 15.3 Å². The summed E-state index contributed by atoms with van der Waals surface area (Å²) in [6.45, 7) is 1.57. The van der Waals surface area contributed by atoms with Crippen molar-refractivity contribution in [2.45, 2.75) is 25.7 Å². The average molecular weight is 212 g/mol. The Labute approximate surface area is 89.1 Å². The first-order chi connectivity index (χ1) is 7.33.